The van der Waals surface area contributed by atoms with E-state index >= 15 is 0 Å². The first-order valence-electron chi connectivity index (χ1n) is 6.98. The number of aryl methyl sites for hydroxylation is 2. The summed E-state index contributed by atoms with van der Waals surface area (Å²) < 4.78 is 1.83. The van der Waals surface area contributed by atoms with Crippen LogP contribution in [-0.2, 0) is 19.9 Å². The van der Waals surface area contributed by atoms with Crippen molar-refractivity contribution in [3.8, 4) is 0 Å². The Morgan fingerprint density at radius 3 is 2.61 bits per heavy atom. The molecule has 0 bridgehead atoms. The van der Waals surface area contributed by atoms with Gasteiger partial charge in [0.05, 0.1) is 22.5 Å². The molecule has 2 fully saturated rings. The molecule has 18 heavy (non-hydrogen) atoms. The molecule has 0 saturated heterocycles. The Labute approximate surface area is 113 Å². The summed E-state index contributed by atoms with van der Waals surface area (Å²) in [6.07, 6.45) is 5.05. The molecule has 0 aromatic carbocycles. The lowest BCUT2D eigenvalue weighted by molar-refractivity contribution is 0.102. The zero-order valence-corrected chi connectivity index (χ0v) is 11.8. The minimum atomic E-state index is -0.254. The van der Waals surface area contributed by atoms with Gasteiger partial charge in [-0.3, -0.25) is 4.68 Å². The number of rotatable bonds is 4. The maximum atomic E-state index is 10.4. The third-order valence-corrected chi connectivity index (χ3v) is 5.17. The van der Waals surface area contributed by atoms with Gasteiger partial charge in [-0.05, 0) is 43.4 Å². The molecule has 1 aromatic heterocycles. The molecule has 0 spiro atoms. The molecule has 3 atom stereocenters. The maximum absolute atomic E-state index is 10.4. The van der Waals surface area contributed by atoms with E-state index in [-0.39, 0.29) is 6.10 Å². The van der Waals surface area contributed by atoms with Crippen molar-refractivity contribution in [3.63, 3.8) is 0 Å². The quantitative estimate of drug-likeness (QED) is 0.912. The molecule has 4 heteroatoms. The van der Waals surface area contributed by atoms with Gasteiger partial charge < -0.3 is 5.11 Å². The second-order valence-corrected chi connectivity index (χ2v) is 6.32. The topological polar surface area (TPSA) is 38.0 Å². The summed E-state index contributed by atoms with van der Waals surface area (Å²) in [5.41, 5.74) is 1.93. The van der Waals surface area contributed by atoms with Crippen LogP contribution >= 0.6 is 11.6 Å². The summed E-state index contributed by atoms with van der Waals surface area (Å²) in [6.45, 7) is 2.05. The number of hydrogen-bond donors (Lipinski definition) is 1. The third-order valence-electron chi connectivity index (χ3n) is 4.73. The summed E-state index contributed by atoms with van der Waals surface area (Å²) in [5, 5.41) is 15.5. The minimum Gasteiger partial charge on any atom is -0.392 e. The fourth-order valence-corrected chi connectivity index (χ4v) is 3.85. The molecule has 0 aliphatic heterocycles. The van der Waals surface area contributed by atoms with Crippen LogP contribution < -0.4 is 0 Å². The SMILES string of the molecule is CCc1nn(C)c(CC(O)C2CC3CC3C2)c1Cl. The Morgan fingerprint density at radius 1 is 1.39 bits per heavy atom. The highest BCUT2D eigenvalue weighted by molar-refractivity contribution is 6.31. The first kappa shape index (κ1) is 12.5. The molecule has 3 rings (SSSR count). The molecule has 0 amide bonds. The van der Waals surface area contributed by atoms with Crippen LogP contribution in [0.3, 0.4) is 0 Å². The predicted molar refractivity (Wildman–Crippen MR) is 71.6 cm³/mol. The van der Waals surface area contributed by atoms with Crippen molar-refractivity contribution in [2.45, 2.75) is 45.1 Å². The fraction of sp³-hybridized carbons (Fsp3) is 0.786. The minimum absolute atomic E-state index is 0.254. The lowest BCUT2D eigenvalue weighted by atomic mass is 9.93. The Bertz CT molecular complexity index is 447. The Balaban J connectivity index is 1.70. The van der Waals surface area contributed by atoms with Gasteiger partial charge in [-0.15, -0.1) is 0 Å². The van der Waals surface area contributed by atoms with Crippen molar-refractivity contribution in [2.75, 3.05) is 0 Å². The number of fused-ring (bicyclic) bond motifs is 1. The van der Waals surface area contributed by atoms with Crippen molar-refractivity contribution in [1.82, 2.24) is 9.78 Å². The zero-order chi connectivity index (χ0) is 12.9. The molecule has 1 aromatic rings. The van der Waals surface area contributed by atoms with Crippen LogP contribution in [0.15, 0.2) is 0 Å². The molecule has 3 nitrogen and oxygen atoms in total. The number of nitrogens with zero attached hydrogens (tertiary/aromatic N) is 2. The van der Waals surface area contributed by atoms with Crippen LogP contribution in [0.25, 0.3) is 0 Å². The van der Waals surface area contributed by atoms with E-state index < -0.39 is 0 Å². The van der Waals surface area contributed by atoms with Gasteiger partial charge in [0.15, 0.2) is 0 Å². The summed E-state index contributed by atoms with van der Waals surface area (Å²) in [4.78, 5) is 0. The second-order valence-electron chi connectivity index (χ2n) is 5.94. The average molecular weight is 269 g/mol. The molecular formula is C14H21ClN2O. The van der Waals surface area contributed by atoms with Gasteiger partial charge in [0.2, 0.25) is 0 Å². The largest absolute Gasteiger partial charge is 0.392 e. The normalized spacial score (nSPS) is 31.4. The van der Waals surface area contributed by atoms with E-state index in [0.717, 1.165) is 34.7 Å². The summed E-state index contributed by atoms with van der Waals surface area (Å²) in [6, 6.07) is 0. The number of aliphatic hydroxyl groups excluding tert-OH is 1. The Hall–Kier alpha value is -0.540. The van der Waals surface area contributed by atoms with E-state index in [9.17, 15) is 5.11 Å². The van der Waals surface area contributed by atoms with E-state index in [2.05, 4.69) is 12.0 Å². The van der Waals surface area contributed by atoms with Crippen molar-refractivity contribution < 1.29 is 5.11 Å². The van der Waals surface area contributed by atoms with Crippen molar-refractivity contribution in [3.05, 3.63) is 16.4 Å². The molecule has 0 radical (unpaired) electrons. The van der Waals surface area contributed by atoms with E-state index in [0.29, 0.717) is 12.3 Å². The van der Waals surface area contributed by atoms with Crippen LogP contribution in [0.5, 0.6) is 0 Å². The Kier molecular flexibility index (Phi) is 3.15. The summed E-state index contributed by atoms with van der Waals surface area (Å²) in [5.74, 6) is 2.31. The van der Waals surface area contributed by atoms with Crippen molar-refractivity contribution in [2.24, 2.45) is 24.8 Å². The zero-order valence-electron chi connectivity index (χ0n) is 11.1. The Morgan fingerprint density at radius 2 is 2.06 bits per heavy atom. The number of halogens is 1. The van der Waals surface area contributed by atoms with E-state index in [1.165, 1.54) is 19.3 Å². The fourth-order valence-electron chi connectivity index (χ4n) is 3.48. The third kappa shape index (κ3) is 2.08. The number of aromatic nitrogens is 2. The molecule has 2 aliphatic rings. The van der Waals surface area contributed by atoms with Crippen LogP contribution in [0.1, 0.15) is 37.6 Å². The van der Waals surface area contributed by atoms with Crippen molar-refractivity contribution in [1.29, 1.82) is 0 Å². The molecule has 1 N–H and O–H groups in total. The smallest absolute Gasteiger partial charge is 0.0850 e. The predicted octanol–water partition coefficient (Wildman–Crippen LogP) is 2.59. The van der Waals surface area contributed by atoms with Gasteiger partial charge in [0, 0.05) is 13.5 Å². The van der Waals surface area contributed by atoms with Gasteiger partial charge in [0.1, 0.15) is 0 Å². The van der Waals surface area contributed by atoms with Gasteiger partial charge in [-0.25, -0.2) is 0 Å². The molecular weight excluding hydrogens is 248 g/mol. The van der Waals surface area contributed by atoms with Gasteiger partial charge in [-0.1, -0.05) is 18.5 Å². The molecule has 1 heterocycles. The van der Waals surface area contributed by atoms with Crippen LogP contribution in [0, 0.1) is 17.8 Å². The lowest BCUT2D eigenvalue weighted by Gasteiger charge is -2.19. The highest BCUT2D eigenvalue weighted by Crippen LogP contribution is 2.55. The number of aliphatic hydroxyl groups is 1. The average Bonchev–Trinajstić information content (AvgIpc) is 2.87. The molecule has 3 unspecified atom stereocenters. The van der Waals surface area contributed by atoms with E-state index in [1.807, 2.05) is 11.7 Å². The van der Waals surface area contributed by atoms with Crippen LogP contribution in [-0.4, -0.2) is 21.0 Å². The molecule has 100 valence electrons. The monoisotopic (exact) mass is 268 g/mol. The van der Waals surface area contributed by atoms with Gasteiger partial charge in [0.25, 0.3) is 0 Å². The first-order valence-corrected chi connectivity index (χ1v) is 7.36. The van der Waals surface area contributed by atoms with Crippen LogP contribution in [0.2, 0.25) is 5.02 Å². The van der Waals surface area contributed by atoms with Gasteiger partial charge in [-0.2, -0.15) is 5.10 Å². The highest BCUT2D eigenvalue weighted by atomic mass is 35.5. The second kappa shape index (κ2) is 4.53. The van der Waals surface area contributed by atoms with E-state index in [4.69, 9.17) is 11.6 Å². The molecule has 2 aliphatic carbocycles. The van der Waals surface area contributed by atoms with Gasteiger partial charge >= 0.3 is 0 Å². The van der Waals surface area contributed by atoms with Crippen LogP contribution in [0.4, 0.5) is 0 Å². The molecule has 2 saturated carbocycles. The highest BCUT2D eigenvalue weighted by Gasteiger charge is 2.47. The standard InChI is InChI=1S/C14H21ClN2O/c1-3-11-14(15)12(17(2)16-11)7-13(18)10-5-8-4-9(8)6-10/h8-10,13,18H,3-7H2,1-2H3. The number of hydrogen-bond acceptors (Lipinski definition) is 2. The van der Waals surface area contributed by atoms with Crippen molar-refractivity contribution >= 4 is 11.6 Å². The lowest BCUT2D eigenvalue weighted by Crippen LogP contribution is -2.23. The van der Waals surface area contributed by atoms with E-state index in [1.54, 1.807) is 0 Å². The summed E-state index contributed by atoms with van der Waals surface area (Å²) in [7, 11) is 1.92. The summed E-state index contributed by atoms with van der Waals surface area (Å²) >= 11 is 6.32. The maximum Gasteiger partial charge on any atom is 0.0850 e. The first-order chi connectivity index (χ1) is 8.60.